The number of esters is 3. The first kappa shape index (κ1) is 63.1. The van der Waals surface area contributed by atoms with Gasteiger partial charge in [-0.05, 0) is 96.3 Å². The van der Waals surface area contributed by atoms with E-state index in [1.165, 1.54) is 116 Å². The SMILES string of the molecule is CCCCC/C=C\C/C=C\C/C=C\C/C=C\C/C=C\CCC(=O)O[C@H](COC(=O)CCC/C=C\C/C=C\C/C=C\C/C=C\CCCCC)COC(=O)CCCCCCCCCCCCCCC. The van der Waals surface area contributed by atoms with Crippen LogP contribution < -0.4 is 0 Å². The second kappa shape index (κ2) is 54.7. The molecule has 0 aromatic heterocycles. The number of carbonyl (C=O) groups excluding carboxylic acids is 3. The van der Waals surface area contributed by atoms with Crippen LogP contribution >= 0.6 is 0 Å². The molecule has 6 heteroatoms. The van der Waals surface area contributed by atoms with Crippen molar-refractivity contribution in [1.29, 1.82) is 0 Å². The van der Waals surface area contributed by atoms with E-state index in [4.69, 9.17) is 14.2 Å². The molecule has 380 valence electrons. The van der Waals surface area contributed by atoms with E-state index < -0.39 is 12.1 Å². The second-order valence-electron chi connectivity index (χ2n) is 17.8. The van der Waals surface area contributed by atoms with E-state index in [1.54, 1.807) is 0 Å². The van der Waals surface area contributed by atoms with Crippen LogP contribution in [0, 0.1) is 0 Å². The van der Waals surface area contributed by atoms with E-state index in [2.05, 4.69) is 118 Å². The molecule has 0 saturated carbocycles. The van der Waals surface area contributed by atoms with Crippen LogP contribution in [0.4, 0.5) is 0 Å². The normalized spacial score (nSPS) is 12.9. The molecular formula is C61H100O6. The maximum absolute atomic E-state index is 12.8. The summed E-state index contributed by atoms with van der Waals surface area (Å²) in [6.07, 6.45) is 73.7. The fourth-order valence-electron chi connectivity index (χ4n) is 7.12. The molecule has 0 spiro atoms. The molecule has 0 amide bonds. The predicted octanol–water partition coefficient (Wildman–Crippen LogP) is 18.3. The number of carbonyl (C=O) groups is 3. The van der Waals surface area contributed by atoms with Crippen molar-refractivity contribution in [1.82, 2.24) is 0 Å². The lowest BCUT2D eigenvalue weighted by molar-refractivity contribution is -0.166. The van der Waals surface area contributed by atoms with Crippen LogP contribution in [-0.2, 0) is 28.6 Å². The van der Waals surface area contributed by atoms with Crippen molar-refractivity contribution in [3.8, 4) is 0 Å². The molecule has 0 aromatic carbocycles. The minimum absolute atomic E-state index is 0.125. The van der Waals surface area contributed by atoms with Crippen LogP contribution in [0.5, 0.6) is 0 Å². The van der Waals surface area contributed by atoms with Crippen molar-refractivity contribution in [2.75, 3.05) is 13.2 Å². The van der Waals surface area contributed by atoms with Crippen LogP contribution in [0.2, 0.25) is 0 Å². The summed E-state index contributed by atoms with van der Waals surface area (Å²) in [5, 5.41) is 0. The first-order chi connectivity index (χ1) is 33.0. The third kappa shape index (κ3) is 52.9. The Bertz CT molecular complexity index is 1390. The Morgan fingerprint density at radius 1 is 0.299 bits per heavy atom. The Kier molecular flexibility index (Phi) is 51.5. The summed E-state index contributed by atoms with van der Waals surface area (Å²) in [5.41, 5.74) is 0. The third-order valence-corrected chi connectivity index (χ3v) is 11.3. The fraction of sp³-hybridized carbons (Fsp3) is 0.656. The van der Waals surface area contributed by atoms with Crippen molar-refractivity contribution >= 4 is 17.9 Å². The molecule has 0 aromatic rings. The van der Waals surface area contributed by atoms with Gasteiger partial charge in [0.1, 0.15) is 13.2 Å². The highest BCUT2D eigenvalue weighted by Gasteiger charge is 2.19. The third-order valence-electron chi connectivity index (χ3n) is 11.3. The first-order valence-corrected chi connectivity index (χ1v) is 27.4. The molecule has 0 bridgehead atoms. The Hall–Kier alpha value is -3.93. The van der Waals surface area contributed by atoms with Gasteiger partial charge in [-0.25, -0.2) is 0 Å². The lowest BCUT2D eigenvalue weighted by Crippen LogP contribution is -2.30. The molecule has 0 unspecified atom stereocenters. The summed E-state index contributed by atoms with van der Waals surface area (Å²) in [4.78, 5) is 38.0. The van der Waals surface area contributed by atoms with Gasteiger partial charge >= 0.3 is 17.9 Å². The van der Waals surface area contributed by atoms with Crippen LogP contribution in [0.25, 0.3) is 0 Å². The van der Waals surface area contributed by atoms with Gasteiger partial charge < -0.3 is 14.2 Å². The van der Waals surface area contributed by atoms with Crippen LogP contribution in [0.3, 0.4) is 0 Å². The number of allylic oxidation sites excluding steroid dienone is 18. The zero-order valence-electron chi connectivity index (χ0n) is 43.4. The molecule has 0 fully saturated rings. The summed E-state index contributed by atoms with van der Waals surface area (Å²) in [6.45, 7) is 6.47. The van der Waals surface area contributed by atoms with Crippen molar-refractivity contribution in [3.05, 3.63) is 109 Å². The molecule has 0 saturated heterocycles. The molecule has 0 aliphatic rings. The van der Waals surface area contributed by atoms with Gasteiger partial charge in [0, 0.05) is 19.3 Å². The average Bonchev–Trinajstić information content (AvgIpc) is 3.33. The zero-order chi connectivity index (χ0) is 48.6. The van der Waals surface area contributed by atoms with E-state index >= 15 is 0 Å². The largest absolute Gasteiger partial charge is 0.462 e. The van der Waals surface area contributed by atoms with Crippen LogP contribution in [-0.4, -0.2) is 37.2 Å². The molecule has 0 radical (unpaired) electrons. The summed E-state index contributed by atoms with van der Waals surface area (Å²) in [6, 6.07) is 0. The van der Waals surface area contributed by atoms with Crippen molar-refractivity contribution in [2.24, 2.45) is 0 Å². The second-order valence-corrected chi connectivity index (χ2v) is 17.8. The summed E-state index contributed by atoms with van der Waals surface area (Å²) >= 11 is 0. The highest BCUT2D eigenvalue weighted by Crippen LogP contribution is 2.14. The van der Waals surface area contributed by atoms with Gasteiger partial charge in [-0.3, -0.25) is 14.4 Å². The number of unbranched alkanes of at least 4 members (excludes halogenated alkanes) is 19. The number of rotatable bonds is 48. The van der Waals surface area contributed by atoms with Crippen LogP contribution in [0.15, 0.2) is 109 Å². The smallest absolute Gasteiger partial charge is 0.306 e. The molecule has 0 rings (SSSR count). The molecular weight excluding hydrogens is 829 g/mol. The van der Waals surface area contributed by atoms with E-state index in [0.29, 0.717) is 19.3 Å². The molecule has 0 heterocycles. The minimum atomic E-state index is -0.840. The van der Waals surface area contributed by atoms with Gasteiger partial charge in [0.15, 0.2) is 6.10 Å². The standard InChI is InChI=1S/C61H100O6/c1-4-7-10-13-16-19-22-25-27-29-30-32-34-37-40-43-46-49-52-55-61(64)67-58(56-65-59(62)53-50-47-44-41-38-35-24-21-18-15-12-9-6-3)57-66-60(63)54-51-48-45-42-39-36-33-31-28-26-23-20-17-14-11-8-5-2/h16-17,19-20,25-28,30,32-33,36-37,40,42,45-46,49,58H,4-15,18,21-24,29,31,34-35,38-39,41,43-44,47-48,50-57H2,1-3H3/b19-16-,20-17-,27-25-,28-26-,32-30-,36-33-,40-37-,45-42-,49-46-/t58-/m0/s1. The van der Waals surface area contributed by atoms with E-state index in [-0.39, 0.29) is 38.0 Å². The van der Waals surface area contributed by atoms with Gasteiger partial charge in [-0.2, -0.15) is 0 Å². The first-order valence-electron chi connectivity index (χ1n) is 27.4. The quantitative estimate of drug-likeness (QED) is 0.0262. The average molecular weight is 929 g/mol. The summed E-state index contributed by atoms with van der Waals surface area (Å²) < 4.78 is 16.7. The zero-order valence-corrected chi connectivity index (χ0v) is 43.4. The highest BCUT2D eigenvalue weighted by atomic mass is 16.6. The highest BCUT2D eigenvalue weighted by molar-refractivity contribution is 5.71. The van der Waals surface area contributed by atoms with Crippen molar-refractivity contribution < 1.29 is 28.6 Å². The number of hydrogen-bond donors (Lipinski definition) is 0. The predicted molar refractivity (Wildman–Crippen MR) is 288 cm³/mol. The lowest BCUT2D eigenvalue weighted by atomic mass is 10.0. The Labute approximate surface area is 412 Å². The van der Waals surface area contributed by atoms with E-state index in [1.807, 2.05) is 12.2 Å². The van der Waals surface area contributed by atoms with E-state index in [9.17, 15) is 14.4 Å². The van der Waals surface area contributed by atoms with Crippen molar-refractivity contribution in [2.45, 2.75) is 245 Å². The maximum Gasteiger partial charge on any atom is 0.306 e. The summed E-state index contributed by atoms with van der Waals surface area (Å²) in [5.74, 6) is -1.07. The Morgan fingerprint density at radius 2 is 0.582 bits per heavy atom. The van der Waals surface area contributed by atoms with Gasteiger partial charge in [0.05, 0.1) is 0 Å². The minimum Gasteiger partial charge on any atom is -0.462 e. The maximum atomic E-state index is 12.8. The molecule has 6 nitrogen and oxygen atoms in total. The molecule has 0 aliphatic carbocycles. The molecule has 67 heavy (non-hydrogen) atoms. The summed E-state index contributed by atoms with van der Waals surface area (Å²) in [7, 11) is 0. The number of ether oxygens (including phenoxy) is 3. The van der Waals surface area contributed by atoms with Gasteiger partial charge in [-0.1, -0.05) is 233 Å². The van der Waals surface area contributed by atoms with Gasteiger partial charge in [0.2, 0.25) is 0 Å². The topological polar surface area (TPSA) is 78.9 Å². The monoisotopic (exact) mass is 929 g/mol. The Balaban J connectivity index is 4.60. The van der Waals surface area contributed by atoms with E-state index in [0.717, 1.165) is 70.6 Å². The van der Waals surface area contributed by atoms with Gasteiger partial charge in [0.25, 0.3) is 0 Å². The van der Waals surface area contributed by atoms with Gasteiger partial charge in [-0.15, -0.1) is 0 Å². The Morgan fingerprint density at radius 3 is 0.955 bits per heavy atom. The number of hydrogen-bond acceptors (Lipinski definition) is 6. The molecule has 0 N–H and O–H groups in total. The van der Waals surface area contributed by atoms with Crippen LogP contribution in [0.1, 0.15) is 239 Å². The molecule has 0 aliphatic heterocycles. The lowest BCUT2D eigenvalue weighted by Gasteiger charge is -2.18. The fourth-order valence-corrected chi connectivity index (χ4v) is 7.12. The van der Waals surface area contributed by atoms with Crippen molar-refractivity contribution in [3.63, 3.8) is 0 Å². The molecule has 1 atom stereocenters.